The Hall–Kier alpha value is -2.18. The van der Waals surface area contributed by atoms with Crippen molar-refractivity contribution < 1.29 is 24.5 Å². The Kier molecular flexibility index (Phi) is 53.0. The molecule has 0 fully saturated rings. The van der Waals surface area contributed by atoms with Crippen LogP contribution in [0.3, 0.4) is 0 Å². The lowest BCUT2D eigenvalue weighted by atomic mass is 10.0. The highest BCUT2D eigenvalue weighted by Crippen LogP contribution is 2.18. The van der Waals surface area contributed by atoms with Gasteiger partial charge in [0.1, 0.15) is 6.10 Å². The fraction of sp³-hybridized carbons (Fsp3) is 0.836. The van der Waals surface area contributed by atoms with E-state index in [4.69, 9.17) is 4.74 Å². The SMILES string of the molecule is CCCCC/C=C/C=C/CCCCCCC(CC(=O)NC(CO)C(O)CCCCCCCCCCCCCCCCCCC)OC(=O)CCCCCCC/C=C/C=C/CCCCCCCCC. The van der Waals surface area contributed by atoms with Gasteiger partial charge in [-0.25, -0.2) is 0 Å². The molecular weight excluding hydrogens is 827 g/mol. The quantitative estimate of drug-likeness (QED) is 0.0321. The molecule has 1 amide bonds. The highest BCUT2D eigenvalue weighted by Gasteiger charge is 2.24. The molecule has 0 aromatic carbocycles. The van der Waals surface area contributed by atoms with Crippen molar-refractivity contribution in [3.8, 4) is 0 Å². The number of carbonyl (C=O) groups is 2. The second kappa shape index (κ2) is 54.8. The lowest BCUT2D eigenvalue weighted by Gasteiger charge is -2.24. The molecule has 0 aliphatic rings. The monoisotopic (exact) mass is 940 g/mol. The topological polar surface area (TPSA) is 95.9 Å². The number of nitrogens with one attached hydrogen (secondary N) is 1. The Balaban J connectivity index is 4.54. The van der Waals surface area contributed by atoms with Crippen LogP contribution in [0.5, 0.6) is 0 Å². The maximum Gasteiger partial charge on any atom is 0.306 e. The van der Waals surface area contributed by atoms with Crippen LogP contribution in [0.15, 0.2) is 48.6 Å². The van der Waals surface area contributed by atoms with Gasteiger partial charge >= 0.3 is 5.97 Å². The van der Waals surface area contributed by atoms with E-state index in [9.17, 15) is 19.8 Å². The highest BCUT2D eigenvalue weighted by molar-refractivity contribution is 5.77. The molecule has 0 aromatic heterocycles. The number of rotatable bonds is 53. The lowest BCUT2D eigenvalue weighted by molar-refractivity contribution is -0.151. The summed E-state index contributed by atoms with van der Waals surface area (Å²) in [5, 5.41) is 23.9. The largest absolute Gasteiger partial charge is 0.462 e. The summed E-state index contributed by atoms with van der Waals surface area (Å²) in [6.45, 7) is 6.47. The molecule has 0 aliphatic heterocycles. The van der Waals surface area contributed by atoms with Gasteiger partial charge in [-0.15, -0.1) is 0 Å². The van der Waals surface area contributed by atoms with E-state index in [1.165, 1.54) is 167 Å². The summed E-state index contributed by atoms with van der Waals surface area (Å²) in [6.07, 6.45) is 67.5. The molecule has 6 heteroatoms. The number of hydrogen-bond donors (Lipinski definition) is 3. The first-order valence-corrected chi connectivity index (χ1v) is 29.4. The van der Waals surface area contributed by atoms with Crippen molar-refractivity contribution >= 4 is 11.9 Å². The van der Waals surface area contributed by atoms with Gasteiger partial charge in [0.2, 0.25) is 5.91 Å². The summed E-state index contributed by atoms with van der Waals surface area (Å²) in [7, 11) is 0. The highest BCUT2D eigenvalue weighted by atomic mass is 16.5. The Morgan fingerprint density at radius 2 is 0.746 bits per heavy atom. The van der Waals surface area contributed by atoms with Crippen molar-refractivity contribution in [2.75, 3.05) is 6.61 Å². The van der Waals surface area contributed by atoms with Gasteiger partial charge in [-0.1, -0.05) is 262 Å². The fourth-order valence-electron chi connectivity index (χ4n) is 8.94. The molecule has 6 nitrogen and oxygen atoms in total. The molecule has 0 radical (unpaired) electrons. The second-order valence-electron chi connectivity index (χ2n) is 20.1. The maximum absolute atomic E-state index is 13.3. The Morgan fingerprint density at radius 3 is 1.13 bits per heavy atom. The Labute approximate surface area is 416 Å². The molecule has 3 atom stereocenters. The molecule has 0 aliphatic carbocycles. The minimum atomic E-state index is -0.797. The zero-order valence-corrected chi connectivity index (χ0v) is 44.8. The minimum Gasteiger partial charge on any atom is -0.462 e. The summed E-state index contributed by atoms with van der Waals surface area (Å²) in [5.41, 5.74) is 0. The summed E-state index contributed by atoms with van der Waals surface area (Å²) >= 11 is 0. The van der Waals surface area contributed by atoms with Gasteiger partial charge in [-0.05, 0) is 77.0 Å². The molecule has 0 rings (SSSR count). The normalized spacial score (nSPS) is 13.4. The summed E-state index contributed by atoms with van der Waals surface area (Å²) in [5.74, 6) is -0.502. The summed E-state index contributed by atoms with van der Waals surface area (Å²) in [6, 6.07) is -0.712. The van der Waals surface area contributed by atoms with E-state index in [1.807, 2.05) is 0 Å². The van der Waals surface area contributed by atoms with Crippen LogP contribution >= 0.6 is 0 Å². The number of amides is 1. The lowest BCUT2D eigenvalue weighted by Crippen LogP contribution is -2.46. The van der Waals surface area contributed by atoms with Crippen LogP contribution in [-0.4, -0.2) is 46.9 Å². The van der Waals surface area contributed by atoms with Crippen molar-refractivity contribution in [2.45, 2.75) is 322 Å². The van der Waals surface area contributed by atoms with E-state index in [0.29, 0.717) is 19.3 Å². The van der Waals surface area contributed by atoms with Gasteiger partial charge in [-0.2, -0.15) is 0 Å². The fourth-order valence-corrected chi connectivity index (χ4v) is 8.94. The van der Waals surface area contributed by atoms with E-state index >= 15 is 0 Å². The number of aliphatic hydroxyl groups excluding tert-OH is 2. The van der Waals surface area contributed by atoms with Gasteiger partial charge in [-0.3, -0.25) is 9.59 Å². The van der Waals surface area contributed by atoms with Crippen molar-refractivity contribution in [3.63, 3.8) is 0 Å². The molecule has 67 heavy (non-hydrogen) atoms. The first-order chi connectivity index (χ1) is 33.0. The predicted octanol–water partition coefficient (Wildman–Crippen LogP) is 18.2. The van der Waals surface area contributed by atoms with E-state index in [0.717, 1.165) is 89.9 Å². The average molecular weight is 941 g/mol. The van der Waals surface area contributed by atoms with Gasteiger partial charge < -0.3 is 20.3 Å². The van der Waals surface area contributed by atoms with Crippen LogP contribution in [0.1, 0.15) is 303 Å². The van der Waals surface area contributed by atoms with Crippen LogP contribution in [0.2, 0.25) is 0 Å². The average Bonchev–Trinajstić information content (AvgIpc) is 3.32. The van der Waals surface area contributed by atoms with Crippen molar-refractivity contribution in [1.82, 2.24) is 5.32 Å². The molecule has 0 heterocycles. The number of ether oxygens (including phenoxy) is 1. The zero-order chi connectivity index (χ0) is 48.8. The number of allylic oxidation sites excluding steroid dienone is 8. The van der Waals surface area contributed by atoms with E-state index in [1.54, 1.807) is 0 Å². The van der Waals surface area contributed by atoms with Crippen LogP contribution in [0, 0.1) is 0 Å². The van der Waals surface area contributed by atoms with Crippen molar-refractivity contribution in [2.24, 2.45) is 0 Å². The third-order valence-corrected chi connectivity index (χ3v) is 13.4. The number of carbonyl (C=O) groups excluding carboxylic acids is 2. The number of aliphatic hydroxyl groups is 2. The maximum atomic E-state index is 13.3. The molecule has 0 bridgehead atoms. The van der Waals surface area contributed by atoms with Gasteiger partial charge in [0.05, 0.1) is 25.2 Å². The smallest absolute Gasteiger partial charge is 0.306 e. The summed E-state index contributed by atoms with van der Waals surface area (Å²) in [4.78, 5) is 26.3. The van der Waals surface area contributed by atoms with Crippen LogP contribution in [-0.2, 0) is 14.3 Å². The molecule has 0 saturated heterocycles. The van der Waals surface area contributed by atoms with Gasteiger partial charge in [0.25, 0.3) is 0 Å². The molecule has 392 valence electrons. The number of hydrogen-bond acceptors (Lipinski definition) is 5. The molecule has 0 aromatic rings. The van der Waals surface area contributed by atoms with Crippen LogP contribution in [0.4, 0.5) is 0 Å². The molecule has 3 unspecified atom stereocenters. The second-order valence-corrected chi connectivity index (χ2v) is 20.1. The Morgan fingerprint density at radius 1 is 0.433 bits per heavy atom. The third kappa shape index (κ3) is 50.0. The number of unbranched alkanes of at least 4 members (excludes halogenated alkanes) is 35. The molecule has 0 saturated carbocycles. The van der Waals surface area contributed by atoms with Crippen LogP contribution in [0.25, 0.3) is 0 Å². The van der Waals surface area contributed by atoms with Gasteiger partial charge in [0.15, 0.2) is 0 Å². The minimum absolute atomic E-state index is 0.0588. The van der Waals surface area contributed by atoms with E-state index < -0.39 is 18.2 Å². The third-order valence-electron chi connectivity index (χ3n) is 13.4. The number of esters is 1. The van der Waals surface area contributed by atoms with Crippen molar-refractivity contribution in [1.29, 1.82) is 0 Å². The molecular formula is C61H113NO5. The first-order valence-electron chi connectivity index (χ1n) is 29.4. The van der Waals surface area contributed by atoms with Crippen LogP contribution < -0.4 is 5.32 Å². The Bertz CT molecular complexity index is 1150. The van der Waals surface area contributed by atoms with Crippen molar-refractivity contribution in [3.05, 3.63) is 48.6 Å². The standard InChI is InChI=1S/C61H113NO5/c1-4-7-10-13-16-19-22-25-27-29-31-33-36-39-42-45-48-51-54-61(66)67-57(52-49-46-43-40-37-34-24-21-18-15-12-9-6-3)55-60(65)62-58(56-63)59(64)53-50-47-44-41-38-35-32-30-28-26-23-20-17-14-11-8-5-2/h18,21,24,27,29,31,33-34,57-59,63-64H,4-17,19-20,22-23,25-26,28,30,32,35-56H2,1-3H3,(H,62,65)/b21-18+,29-27+,33-31+,34-24+. The van der Waals surface area contributed by atoms with E-state index in [2.05, 4.69) is 74.7 Å². The summed E-state index contributed by atoms with van der Waals surface area (Å²) < 4.78 is 5.94. The first kappa shape index (κ1) is 64.8. The zero-order valence-electron chi connectivity index (χ0n) is 44.8. The molecule has 3 N–H and O–H groups in total. The molecule has 0 spiro atoms. The van der Waals surface area contributed by atoms with Gasteiger partial charge in [0, 0.05) is 6.42 Å². The predicted molar refractivity (Wildman–Crippen MR) is 292 cm³/mol. The van der Waals surface area contributed by atoms with E-state index in [-0.39, 0.29) is 24.9 Å².